The van der Waals surface area contributed by atoms with Gasteiger partial charge in [0, 0.05) is 25.6 Å². The second-order valence-electron chi connectivity index (χ2n) is 16.0. The largest absolute Gasteiger partial charge is 0.135 e. The first-order chi connectivity index (χ1) is 27.5. The molecule has 0 fully saturated rings. The zero-order chi connectivity index (χ0) is 37.1. The van der Waals surface area contributed by atoms with Crippen LogP contribution in [0.5, 0.6) is 0 Å². The van der Waals surface area contributed by atoms with Gasteiger partial charge >= 0.3 is 0 Å². The normalized spacial score (nSPS) is 13.3. The van der Waals surface area contributed by atoms with Crippen molar-refractivity contribution in [3.05, 3.63) is 193 Å². The first-order valence-electron chi connectivity index (χ1n) is 19.6. The molecule has 1 heteroatoms. The minimum Gasteiger partial charge on any atom is -0.135 e. The number of hydrogen-bond acceptors (Lipinski definition) is 1. The van der Waals surface area contributed by atoms with Gasteiger partial charge in [-0.3, -0.25) is 0 Å². The summed E-state index contributed by atoms with van der Waals surface area (Å²) in [4.78, 5) is 0. The third kappa shape index (κ3) is 4.47. The third-order valence-corrected chi connectivity index (χ3v) is 13.8. The summed E-state index contributed by atoms with van der Waals surface area (Å²) < 4.78 is 2.75. The van der Waals surface area contributed by atoms with E-state index in [0.717, 1.165) is 0 Å². The van der Waals surface area contributed by atoms with Crippen molar-refractivity contribution in [1.82, 2.24) is 0 Å². The predicted octanol–water partition coefficient (Wildman–Crippen LogP) is 16.0. The molecule has 0 amide bonds. The molecule has 0 N–H and O–H groups in total. The minimum atomic E-state index is -0.0967. The molecule has 0 atom stereocenters. The van der Waals surface area contributed by atoms with E-state index < -0.39 is 0 Å². The van der Waals surface area contributed by atoms with Crippen LogP contribution in [0.2, 0.25) is 0 Å². The van der Waals surface area contributed by atoms with Crippen LogP contribution in [0.15, 0.2) is 182 Å². The van der Waals surface area contributed by atoms with Gasteiger partial charge in [-0.15, -0.1) is 11.3 Å². The maximum atomic E-state index is 2.44. The number of thiophene rings is 1. The Morgan fingerprint density at radius 1 is 0.357 bits per heavy atom. The highest BCUT2D eigenvalue weighted by molar-refractivity contribution is 7.26. The lowest BCUT2D eigenvalue weighted by atomic mass is 9.80. The zero-order valence-corrected chi connectivity index (χ0v) is 32.0. The molecule has 1 heterocycles. The second kappa shape index (κ2) is 11.7. The molecule has 10 aromatic carbocycles. The number of rotatable bonds is 3. The van der Waals surface area contributed by atoms with Crippen molar-refractivity contribution < 1.29 is 0 Å². The Morgan fingerprint density at radius 3 is 1.59 bits per heavy atom. The fourth-order valence-electron chi connectivity index (χ4n) is 10.0. The van der Waals surface area contributed by atoms with Gasteiger partial charge in [0.1, 0.15) is 0 Å². The molecular formula is C55H36S. The Hall–Kier alpha value is -6.54. The molecule has 0 aliphatic heterocycles. The number of hydrogen-bond donors (Lipinski definition) is 0. The number of fused-ring (bicyclic) bond motifs is 12. The molecule has 0 saturated heterocycles. The molecule has 1 aromatic heterocycles. The van der Waals surface area contributed by atoms with E-state index in [9.17, 15) is 0 Å². The number of benzene rings is 10. The summed E-state index contributed by atoms with van der Waals surface area (Å²) in [6, 6.07) is 68.1. The molecule has 0 spiro atoms. The fourth-order valence-corrected chi connectivity index (χ4v) is 11.3. The summed E-state index contributed by atoms with van der Waals surface area (Å²) in [6.45, 7) is 4.81. The highest BCUT2D eigenvalue weighted by atomic mass is 32.1. The lowest BCUT2D eigenvalue weighted by Crippen LogP contribution is -2.15. The van der Waals surface area contributed by atoms with Crippen molar-refractivity contribution in [2.45, 2.75) is 19.3 Å². The minimum absolute atomic E-state index is 0.0967. The van der Waals surface area contributed by atoms with E-state index in [0.29, 0.717) is 0 Å². The van der Waals surface area contributed by atoms with E-state index in [1.807, 2.05) is 11.3 Å². The summed E-state index contributed by atoms with van der Waals surface area (Å²) in [7, 11) is 0. The van der Waals surface area contributed by atoms with Crippen molar-refractivity contribution in [1.29, 1.82) is 0 Å². The molecule has 12 rings (SSSR count). The Balaban J connectivity index is 0.970. The second-order valence-corrected chi connectivity index (χ2v) is 17.0. The van der Waals surface area contributed by atoms with Crippen molar-refractivity contribution >= 4 is 74.6 Å². The van der Waals surface area contributed by atoms with Crippen molar-refractivity contribution in [3.63, 3.8) is 0 Å². The average molecular weight is 729 g/mol. The quantitative estimate of drug-likeness (QED) is 0.159. The molecular weight excluding hydrogens is 693 g/mol. The smallest absolute Gasteiger partial charge is 0.0433 e. The molecule has 0 radical (unpaired) electrons. The molecule has 11 aromatic rings. The maximum Gasteiger partial charge on any atom is 0.0433 e. The Kier molecular flexibility index (Phi) is 6.66. The van der Waals surface area contributed by atoms with Crippen LogP contribution in [0.25, 0.3) is 108 Å². The lowest BCUT2D eigenvalue weighted by Gasteiger charge is -2.23. The summed E-state index contributed by atoms with van der Waals surface area (Å²) in [5.74, 6) is 0. The fraction of sp³-hybridized carbons (Fsp3) is 0.0545. The first-order valence-corrected chi connectivity index (χ1v) is 20.4. The van der Waals surface area contributed by atoms with Crippen molar-refractivity contribution in [2.24, 2.45) is 0 Å². The molecule has 0 bridgehead atoms. The van der Waals surface area contributed by atoms with E-state index in [2.05, 4.69) is 196 Å². The molecule has 0 nitrogen and oxygen atoms in total. The van der Waals surface area contributed by atoms with Gasteiger partial charge in [-0.2, -0.15) is 0 Å². The predicted molar refractivity (Wildman–Crippen MR) is 243 cm³/mol. The van der Waals surface area contributed by atoms with Crippen LogP contribution in [0.3, 0.4) is 0 Å². The third-order valence-electron chi connectivity index (χ3n) is 12.6. The zero-order valence-electron chi connectivity index (χ0n) is 31.2. The van der Waals surface area contributed by atoms with Crippen molar-refractivity contribution in [2.75, 3.05) is 0 Å². The summed E-state index contributed by atoms with van der Waals surface area (Å²) in [5.41, 5.74) is 13.1. The van der Waals surface area contributed by atoms with Gasteiger partial charge in [0.25, 0.3) is 0 Å². The molecule has 0 unspecified atom stereocenters. The van der Waals surface area contributed by atoms with E-state index in [1.165, 1.54) is 119 Å². The van der Waals surface area contributed by atoms with Crippen LogP contribution < -0.4 is 0 Å². The van der Waals surface area contributed by atoms with Gasteiger partial charge in [0.2, 0.25) is 0 Å². The highest BCUT2D eigenvalue weighted by Gasteiger charge is 2.37. The topological polar surface area (TPSA) is 0 Å². The summed E-state index contributed by atoms with van der Waals surface area (Å²) in [6.07, 6.45) is 0. The van der Waals surface area contributed by atoms with Gasteiger partial charge in [-0.25, -0.2) is 0 Å². The van der Waals surface area contributed by atoms with Gasteiger partial charge in [0.15, 0.2) is 0 Å². The monoisotopic (exact) mass is 728 g/mol. The Morgan fingerprint density at radius 2 is 0.875 bits per heavy atom. The SMILES string of the molecule is CC1(C)c2ccc(-c3ccc4cc(-c5c6ccccc6c(-c6ccccc6)c6ccccc56)ccc4c3)cc2-c2ccc3c(ccc4c5ccccc5sc34)c21. The van der Waals surface area contributed by atoms with E-state index in [-0.39, 0.29) is 5.41 Å². The highest BCUT2D eigenvalue weighted by Crippen LogP contribution is 2.54. The van der Waals surface area contributed by atoms with Gasteiger partial charge in [0.05, 0.1) is 0 Å². The van der Waals surface area contributed by atoms with E-state index in [4.69, 9.17) is 0 Å². The van der Waals surface area contributed by atoms with Crippen LogP contribution in [0.1, 0.15) is 25.0 Å². The van der Waals surface area contributed by atoms with E-state index in [1.54, 1.807) is 0 Å². The molecule has 262 valence electrons. The summed E-state index contributed by atoms with van der Waals surface area (Å²) in [5, 5.41) is 13.1. The molecule has 0 saturated carbocycles. The van der Waals surface area contributed by atoms with Gasteiger partial charge < -0.3 is 0 Å². The Labute approximate surface area is 329 Å². The van der Waals surface area contributed by atoms with Crippen LogP contribution in [-0.2, 0) is 5.41 Å². The average Bonchev–Trinajstić information content (AvgIpc) is 3.74. The standard InChI is InChI=1S/C55H36S/c1-55(2)49-29-24-37(32-48(49)45-26-28-47-44(53(45)55)25-27-46-39-14-10-11-19-50(39)56-54(46)47)35-20-21-36-31-38(23-22-34(36)30-35)52-42-17-8-6-15-40(42)51(33-12-4-3-5-13-33)41-16-7-9-18-43(41)52/h3-32H,1-2H3. The molecule has 1 aliphatic carbocycles. The molecule has 56 heavy (non-hydrogen) atoms. The van der Waals surface area contributed by atoms with E-state index >= 15 is 0 Å². The van der Waals surface area contributed by atoms with Crippen LogP contribution in [0.4, 0.5) is 0 Å². The molecule has 1 aliphatic rings. The Bertz CT molecular complexity index is 3380. The van der Waals surface area contributed by atoms with Gasteiger partial charge in [-0.1, -0.05) is 172 Å². The van der Waals surface area contributed by atoms with Crippen LogP contribution in [0, 0.1) is 0 Å². The summed E-state index contributed by atoms with van der Waals surface area (Å²) >= 11 is 1.92. The van der Waals surface area contributed by atoms with Gasteiger partial charge in [-0.05, 0) is 123 Å². The van der Waals surface area contributed by atoms with Crippen molar-refractivity contribution in [3.8, 4) is 44.5 Å². The first kappa shape index (κ1) is 31.8. The maximum absolute atomic E-state index is 2.44. The van der Waals surface area contributed by atoms with Crippen LogP contribution in [-0.4, -0.2) is 0 Å². The van der Waals surface area contributed by atoms with Crippen LogP contribution >= 0.6 is 11.3 Å². The lowest BCUT2D eigenvalue weighted by molar-refractivity contribution is 0.666.